The van der Waals surface area contributed by atoms with E-state index in [1.165, 1.54) is 103 Å². The highest BCUT2D eigenvalue weighted by molar-refractivity contribution is 6.08. The molecule has 84 heavy (non-hydrogen) atoms. The van der Waals surface area contributed by atoms with Crippen molar-refractivity contribution >= 4 is 44.1 Å². The highest BCUT2D eigenvalue weighted by Gasteiger charge is 2.27. The molecule has 0 spiro atoms. The van der Waals surface area contributed by atoms with Crippen molar-refractivity contribution in [2.75, 3.05) is 54.9 Å². The number of fused-ring (bicyclic) bond motifs is 20. The SMILES string of the molecule is CCCCCCCCOc1cc2c(cc1OC)-c1nc-2nc2[nH]c(nc3nc(nc4[nH]c(n1)c1cc(OC)c(OCCCCCCCC)cc41)-c1cc(OC)c(OCCCCCCCC)cc1-3)c1cc(OCCCCCCCC)c(OC)cc21. The Balaban J connectivity index is 1.27. The first kappa shape index (κ1) is 61.2. The molecule has 0 unspecified atom stereocenters. The van der Waals surface area contributed by atoms with Crippen LogP contribution in [0.15, 0.2) is 48.5 Å². The van der Waals surface area contributed by atoms with Crippen LogP contribution in [0.4, 0.5) is 0 Å². The summed E-state index contributed by atoms with van der Waals surface area (Å²) in [6.45, 7) is 11.1. The zero-order chi connectivity index (χ0) is 58.6. The van der Waals surface area contributed by atoms with Gasteiger partial charge in [-0.25, -0.2) is 29.9 Å². The van der Waals surface area contributed by atoms with Gasteiger partial charge in [-0.1, -0.05) is 156 Å². The fourth-order valence-electron chi connectivity index (χ4n) is 11.2. The average molecular weight is 1150 g/mol. The van der Waals surface area contributed by atoms with E-state index in [9.17, 15) is 0 Å². The summed E-state index contributed by atoms with van der Waals surface area (Å²) in [6.07, 6.45) is 27.4. The maximum Gasteiger partial charge on any atom is 0.164 e. The van der Waals surface area contributed by atoms with Gasteiger partial charge in [0.15, 0.2) is 69.3 Å². The molecular weight excluding hydrogens is 1060 g/mol. The van der Waals surface area contributed by atoms with Gasteiger partial charge in [0, 0.05) is 43.8 Å². The summed E-state index contributed by atoms with van der Waals surface area (Å²) in [7, 11) is 6.64. The Morgan fingerprint density at radius 2 is 0.476 bits per heavy atom. The number of nitrogens with zero attached hydrogens (tertiary/aromatic N) is 6. The molecule has 2 N–H and O–H groups in total. The number of benzene rings is 4. The molecule has 0 aliphatic carbocycles. The van der Waals surface area contributed by atoms with Crippen LogP contribution in [0.3, 0.4) is 0 Å². The highest BCUT2D eigenvalue weighted by Crippen LogP contribution is 2.46. The van der Waals surface area contributed by atoms with E-state index in [1.807, 2.05) is 48.5 Å². The normalized spacial score (nSPS) is 11.7. The van der Waals surface area contributed by atoms with E-state index >= 15 is 0 Å². The minimum Gasteiger partial charge on any atom is -0.493 e. The van der Waals surface area contributed by atoms with E-state index in [0.29, 0.717) is 124 Å². The Morgan fingerprint density at radius 3 is 0.738 bits per heavy atom. The van der Waals surface area contributed by atoms with E-state index in [0.717, 1.165) is 89.6 Å². The quantitative estimate of drug-likeness (QED) is 0.0354. The minimum atomic E-state index is 0.412. The molecule has 4 aromatic carbocycles. The van der Waals surface area contributed by atoms with Crippen LogP contribution in [-0.4, -0.2) is 94.7 Å². The summed E-state index contributed by atoms with van der Waals surface area (Å²) in [5, 5.41) is 3.00. The van der Waals surface area contributed by atoms with Crippen LogP contribution in [-0.2, 0) is 0 Å². The van der Waals surface area contributed by atoms with Crippen molar-refractivity contribution in [2.45, 2.75) is 182 Å². The van der Waals surface area contributed by atoms with Crippen LogP contribution in [0.25, 0.3) is 89.7 Å². The van der Waals surface area contributed by atoms with Crippen molar-refractivity contribution < 1.29 is 37.9 Å². The molecule has 450 valence electrons. The third-order valence-electron chi connectivity index (χ3n) is 16.0. The van der Waals surface area contributed by atoms with Crippen LogP contribution in [0.1, 0.15) is 182 Å². The first-order valence-corrected chi connectivity index (χ1v) is 31.6. The first-order valence-electron chi connectivity index (χ1n) is 31.6. The molecule has 0 saturated heterocycles. The minimum absolute atomic E-state index is 0.412. The molecule has 0 radical (unpaired) electrons. The van der Waals surface area contributed by atoms with Crippen molar-refractivity contribution in [3.05, 3.63) is 48.5 Å². The van der Waals surface area contributed by atoms with Crippen LogP contribution in [0.5, 0.6) is 46.0 Å². The third-order valence-corrected chi connectivity index (χ3v) is 16.0. The lowest BCUT2D eigenvalue weighted by atomic mass is 10.1. The molecule has 8 bridgehead atoms. The van der Waals surface area contributed by atoms with Gasteiger partial charge in [0.2, 0.25) is 0 Å². The van der Waals surface area contributed by atoms with Gasteiger partial charge in [0.25, 0.3) is 0 Å². The highest BCUT2D eigenvalue weighted by atomic mass is 16.5. The smallest absolute Gasteiger partial charge is 0.164 e. The van der Waals surface area contributed by atoms with Crippen LogP contribution in [0, 0.1) is 0 Å². The lowest BCUT2D eigenvalue weighted by Crippen LogP contribution is -2.00. The van der Waals surface area contributed by atoms with Gasteiger partial charge in [-0.15, -0.1) is 0 Å². The van der Waals surface area contributed by atoms with Gasteiger partial charge in [0.05, 0.1) is 54.9 Å². The monoisotopic (exact) mass is 1150 g/mol. The second kappa shape index (κ2) is 31.0. The third kappa shape index (κ3) is 14.9. The van der Waals surface area contributed by atoms with E-state index in [4.69, 9.17) is 67.8 Å². The molecule has 0 amide bonds. The Morgan fingerprint density at radius 1 is 0.262 bits per heavy atom. The molecule has 16 nitrogen and oxygen atoms in total. The number of aromatic amines is 2. The van der Waals surface area contributed by atoms with Crippen molar-refractivity contribution in [2.24, 2.45) is 0 Å². The summed E-state index contributed by atoms with van der Waals surface area (Å²) in [6, 6.07) is 15.7. The molecular formula is C68H90N8O8. The largest absolute Gasteiger partial charge is 0.493 e. The van der Waals surface area contributed by atoms with Gasteiger partial charge >= 0.3 is 0 Å². The second-order valence-electron chi connectivity index (χ2n) is 22.3. The Hall–Kier alpha value is -7.36. The van der Waals surface area contributed by atoms with Crippen LogP contribution >= 0.6 is 0 Å². The van der Waals surface area contributed by atoms with Crippen molar-refractivity contribution in [3.8, 4) is 91.5 Å². The molecule has 0 atom stereocenters. The van der Waals surface area contributed by atoms with Gasteiger partial charge < -0.3 is 47.9 Å². The average Bonchev–Trinajstić information content (AvgIpc) is 4.43. The van der Waals surface area contributed by atoms with E-state index in [-0.39, 0.29) is 0 Å². The molecule has 9 rings (SSSR count). The lowest BCUT2D eigenvalue weighted by molar-refractivity contribution is 0.285. The summed E-state index contributed by atoms with van der Waals surface area (Å²) in [5.41, 5.74) is 4.91. The van der Waals surface area contributed by atoms with Crippen LogP contribution < -0.4 is 37.9 Å². The topological polar surface area (TPSA) is 183 Å². The second-order valence-corrected chi connectivity index (χ2v) is 22.3. The maximum atomic E-state index is 6.55. The predicted octanol–water partition coefficient (Wildman–Crippen LogP) is 17.9. The van der Waals surface area contributed by atoms with Gasteiger partial charge in [-0.3, -0.25) is 0 Å². The molecule has 7 aromatic rings. The number of methoxy groups -OCH3 is 4. The molecule has 3 aromatic heterocycles. The lowest BCUT2D eigenvalue weighted by Gasteiger charge is -2.13. The number of hydrogen-bond acceptors (Lipinski definition) is 14. The molecule has 5 heterocycles. The summed E-state index contributed by atoms with van der Waals surface area (Å²) >= 11 is 0. The number of aromatic nitrogens is 8. The predicted molar refractivity (Wildman–Crippen MR) is 338 cm³/mol. The van der Waals surface area contributed by atoms with E-state index in [1.54, 1.807) is 28.4 Å². The molecule has 2 aliphatic heterocycles. The standard InChI is InChI=1S/C68H90N8O8/c1-9-13-17-21-25-29-33-81-57-41-49-45(37-53(57)77-5)61-69-62-46-38-54(78-6)58(82-34-30-26-22-18-14-10-2)42-50(46)66(71-62)73-64-48-40-56(80-8)60(84-36-32-28-24-20-16-12-4)44-52(48)68(75-64)76-67-51-43-59(83-35-31-27-23-19-15-11-3)55(79-7)39-47(51)63(74-67)72-65(49)70-61/h37-44H,9-36H2,1-8H3,(H2,69,70,71,72,73,74,75,76). The Bertz CT molecular complexity index is 3470. The van der Waals surface area contributed by atoms with Crippen LogP contribution in [0.2, 0.25) is 0 Å². The Labute approximate surface area is 496 Å². The summed E-state index contributed by atoms with van der Waals surface area (Å²) in [5.74, 6) is 6.36. The zero-order valence-corrected chi connectivity index (χ0v) is 51.4. The van der Waals surface area contributed by atoms with Crippen molar-refractivity contribution in [1.29, 1.82) is 0 Å². The van der Waals surface area contributed by atoms with Gasteiger partial charge in [-0.2, -0.15) is 0 Å². The summed E-state index contributed by atoms with van der Waals surface area (Å²) < 4.78 is 50.4. The van der Waals surface area contributed by atoms with Gasteiger partial charge in [0.1, 0.15) is 22.6 Å². The number of unbranched alkanes of at least 4 members (excludes halogenated alkanes) is 20. The van der Waals surface area contributed by atoms with Gasteiger partial charge in [-0.05, 0) is 74.2 Å². The number of rotatable bonds is 36. The molecule has 0 fully saturated rings. The van der Waals surface area contributed by atoms with Crippen molar-refractivity contribution in [1.82, 2.24) is 39.9 Å². The molecule has 0 saturated carbocycles. The zero-order valence-electron chi connectivity index (χ0n) is 51.4. The first-order chi connectivity index (χ1) is 41.3. The fraction of sp³-hybridized carbons (Fsp3) is 0.529. The molecule has 2 aliphatic rings. The van der Waals surface area contributed by atoms with Crippen molar-refractivity contribution in [3.63, 3.8) is 0 Å². The number of hydrogen-bond donors (Lipinski definition) is 2. The maximum absolute atomic E-state index is 6.55. The molecule has 16 heteroatoms. The summed E-state index contributed by atoms with van der Waals surface area (Å²) in [4.78, 5) is 39.4. The Kier molecular flexibility index (Phi) is 22.6. The number of nitrogens with one attached hydrogen (secondary N) is 2. The van der Waals surface area contributed by atoms with E-state index < -0.39 is 0 Å². The number of H-pyrrole nitrogens is 2. The number of ether oxygens (including phenoxy) is 8. The fourth-order valence-corrected chi connectivity index (χ4v) is 11.2. The van der Waals surface area contributed by atoms with E-state index in [2.05, 4.69) is 37.7 Å².